The molecule has 21 heavy (non-hydrogen) atoms. The molecule has 0 spiro atoms. The smallest absolute Gasteiger partial charge is 0.0706 e. The second kappa shape index (κ2) is 6.61. The Kier molecular flexibility index (Phi) is 4.59. The highest BCUT2D eigenvalue weighted by Gasteiger charge is 2.26. The van der Waals surface area contributed by atoms with Gasteiger partial charge in [0.15, 0.2) is 0 Å². The van der Waals surface area contributed by atoms with Crippen molar-refractivity contribution in [1.82, 2.24) is 15.1 Å². The Bertz CT molecular complexity index is 581. The molecule has 2 aromatic rings. The Hall–Kier alpha value is -1.35. The van der Waals surface area contributed by atoms with E-state index < -0.39 is 0 Å². The molecule has 1 aromatic heterocycles. The van der Waals surface area contributed by atoms with Gasteiger partial charge in [-0.3, -0.25) is 4.68 Å². The number of nitrogens with zero attached hydrogens (tertiary/aromatic N) is 2. The van der Waals surface area contributed by atoms with Crippen molar-refractivity contribution in [2.24, 2.45) is 18.9 Å². The summed E-state index contributed by atoms with van der Waals surface area (Å²) in [6.45, 7) is 4.39. The zero-order chi connectivity index (χ0) is 14.7. The first kappa shape index (κ1) is 14.6. The van der Waals surface area contributed by atoms with Crippen molar-refractivity contribution in [3.63, 3.8) is 0 Å². The van der Waals surface area contributed by atoms with Crippen LogP contribution in [-0.4, -0.2) is 22.9 Å². The monoisotopic (exact) mass is 285 g/mol. The highest BCUT2D eigenvalue weighted by Crippen LogP contribution is 2.34. The lowest BCUT2D eigenvalue weighted by molar-refractivity contribution is 0.321. The van der Waals surface area contributed by atoms with Gasteiger partial charge in [-0.05, 0) is 37.4 Å². The van der Waals surface area contributed by atoms with E-state index in [1.807, 2.05) is 4.68 Å². The molecule has 0 amide bonds. The predicted molar refractivity (Wildman–Crippen MR) is 88.4 cm³/mol. The van der Waals surface area contributed by atoms with E-state index in [2.05, 4.69) is 43.6 Å². The molecule has 1 N–H and O–H groups in total. The minimum absolute atomic E-state index is 0.728. The normalized spacial score (nSPS) is 17.6. The second-order valence-electron chi connectivity index (χ2n) is 6.40. The molecule has 1 fully saturated rings. The Morgan fingerprint density at radius 3 is 2.81 bits per heavy atom. The molecule has 0 bridgehead atoms. The standard InChI is InChI=1S/C18H27N3/c1-3-19-13-15(14-8-4-5-9-14)12-17-16-10-6-7-11-18(16)21(2)20-17/h6-7,10-11,14-15,19H,3-5,8-9,12-13H2,1-2H3. The number of aryl methyl sites for hydroxylation is 1. The lowest BCUT2D eigenvalue weighted by Crippen LogP contribution is -2.29. The van der Waals surface area contributed by atoms with Gasteiger partial charge >= 0.3 is 0 Å². The van der Waals surface area contributed by atoms with Gasteiger partial charge in [0.05, 0.1) is 11.2 Å². The zero-order valence-corrected chi connectivity index (χ0v) is 13.3. The fourth-order valence-corrected chi connectivity index (χ4v) is 3.85. The van der Waals surface area contributed by atoms with Crippen LogP contribution in [0.1, 0.15) is 38.3 Å². The summed E-state index contributed by atoms with van der Waals surface area (Å²) in [5.41, 5.74) is 2.53. The molecule has 3 rings (SSSR count). The maximum absolute atomic E-state index is 4.80. The van der Waals surface area contributed by atoms with Gasteiger partial charge in [0.25, 0.3) is 0 Å². The Labute approximate surface area is 127 Å². The van der Waals surface area contributed by atoms with Crippen LogP contribution in [0.5, 0.6) is 0 Å². The summed E-state index contributed by atoms with van der Waals surface area (Å²) in [6, 6.07) is 8.61. The fourth-order valence-electron chi connectivity index (χ4n) is 3.85. The summed E-state index contributed by atoms with van der Waals surface area (Å²) >= 11 is 0. The van der Waals surface area contributed by atoms with Crippen molar-refractivity contribution in [2.75, 3.05) is 13.1 Å². The van der Waals surface area contributed by atoms with E-state index in [0.717, 1.165) is 31.3 Å². The molecule has 1 unspecified atom stereocenters. The molecule has 1 atom stereocenters. The van der Waals surface area contributed by atoms with Crippen LogP contribution in [0.2, 0.25) is 0 Å². The van der Waals surface area contributed by atoms with Gasteiger partial charge in [-0.2, -0.15) is 5.10 Å². The molecule has 0 radical (unpaired) electrons. The van der Waals surface area contributed by atoms with Crippen molar-refractivity contribution in [3.8, 4) is 0 Å². The van der Waals surface area contributed by atoms with Crippen LogP contribution in [0, 0.1) is 11.8 Å². The molecule has 114 valence electrons. The quantitative estimate of drug-likeness (QED) is 0.880. The maximum Gasteiger partial charge on any atom is 0.0706 e. The topological polar surface area (TPSA) is 29.9 Å². The van der Waals surface area contributed by atoms with Gasteiger partial charge in [0, 0.05) is 12.4 Å². The van der Waals surface area contributed by atoms with E-state index >= 15 is 0 Å². The van der Waals surface area contributed by atoms with E-state index in [9.17, 15) is 0 Å². The minimum atomic E-state index is 0.728. The molecular formula is C18H27N3. The van der Waals surface area contributed by atoms with Crippen molar-refractivity contribution >= 4 is 10.9 Å². The van der Waals surface area contributed by atoms with E-state index in [0.29, 0.717) is 0 Å². The summed E-state index contributed by atoms with van der Waals surface area (Å²) in [7, 11) is 2.06. The highest BCUT2D eigenvalue weighted by atomic mass is 15.3. The number of benzene rings is 1. The minimum Gasteiger partial charge on any atom is -0.317 e. The van der Waals surface area contributed by atoms with Gasteiger partial charge < -0.3 is 5.32 Å². The Balaban J connectivity index is 1.82. The van der Waals surface area contributed by atoms with Crippen molar-refractivity contribution in [1.29, 1.82) is 0 Å². The first-order chi connectivity index (χ1) is 10.3. The average Bonchev–Trinajstić information content (AvgIpc) is 3.13. The van der Waals surface area contributed by atoms with Crippen LogP contribution in [0.3, 0.4) is 0 Å². The molecule has 0 aliphatic heterocycles. The fraction of sp³-hybridized carbons (Fsp3) is 0.611. The summed E-state index contributed by atoms with van der Waals surface area (Å²) in [5, 5.41) is 9.70. The summed E-state index contributed by atoms with van der Waals surface area (Å²) in [6.07, 6.45) is 6.74. The third-order valence-electron chi connectivity index (χ3n) is 5.01. The van der Waals surface area contributed by atoms with E-state index in [4.69, 9.17) is 5.10 Å². The van der Waals surface area contributed by atoms with Crippen LogP contribution in [0.25, 0.3) is 10.9 Å². The van der Waals surface area contributed by atoms with Crippen LogP contribution in [-0.2, 0) is 13.5 Å². The number of rotatable bonds is 6. The molecule has 0 saturated heterocycles. The van der Waals surface area contributed by atoms with Crippen LogP contribution >= 0.6 is 0 Å². The number of nitrogens with one attached hydrogen (secondary N) is 1. The van der Waals surface area contributed by atoms with Gasteiger partial charge in [-0.15, -0.1) is 0 Å². The summed E-state index contributed by atoms with van der Waals surface area (Å²) in [4.78, 5) is 0. The van der Waals surface area contributed by atoms with Gasteiger partial charge in [0.1, 0.15) is 0 Å². The van der Waals surface area contributed by atoms with E-state index in [1.54, 1.807) is 0 Å². The largest absolute Gasteiger partial charge is 0.317 e. The lowest BCUT2D eigenvalue weighted by Gasteiger charge is -2.23. The number of aromatic nitrogens is 2. The Morgan fingerprint density at radius 2 is 2.05 bits per heavy atom. The lowest BCUT2D eigenvalue weighted by atomic mass is 9.86. The average molecular weight is 285 g/mol. The van der Waals surface area contributed by atoms with E-state index in [1.165, 1.54) is 42.3 Å². The third kappa shape index (κ3) is 3.13. The molecule has 3 nitrogen and oxygen atoms in total. The van der Waals surface area contributed by atoms with Crippen LogP contribution < -0.4 is 5.32 Å². The third-order valence-corrected chi connectivity index (χ3v) is 5.01. The van der Waals surface area contributed by atoms with Crippen molar-refractivity contribution in [3.05, 3.63) is 30.0 Å². The first-order valence-corrected chi connectivity index (χ1v) is 8.41. The second-order valence-corrected chi connectivity index (χ2v) is 6.40. The van der Waals surface area contributed by atoms with Gasteiger partial charge in [-0.1, -0.05) is 50.8 Å². The molecule has 1 saturated carbocycles. The number of fused-ring (bicyclic) bond motifs is 1. The molecular weight excluding hydrogens is 258 g/mol. The number of hydrogen-bond donors (Lipinski definition) is 1. The SMILES string of the molecule is CCNCC(Cc1nn(C)c2ccccc12)C1CCCC1. The highest BCUT2D eigenvalue weighted by molar-refractivity contribution is 5.81. The van der Waals surface area contributed by atoms with Crippen LogP contribution in [0.4, 0.5) is 0 Å². The van der Waals surface area contributed by atoms with E-state index in [-0.39, 0.29) is 0 Å². The molecule has 1 aliphatic carbocycles. The maximum atomic E-state index is 4.80. The van der Waals surface area contributed by atoms with Gasteiger partial charge in [-0.25, -0.2) is 0 Å². The Morgan fingerprint density at radius 1 is 1.29 bits per heavy atom. The zero-order valence-electron chi connectivity index (χ0n) is 13.3. The van der Waals surface area contributed by atoms with Crippen molar-refractivity contribution < 1.29 is 0 Å². The first-order valence-electron chi connectivity index (χ1n) is 8.41. The number of para-hydroxylation sites is 1. The molecule has 1 heterocycles. The van der Waals surface area contributed by atoms with Crippen molar-refractivity contribution in [2.45, 2.75) is 39.0 Å². The molecule has 1 aromatic carbocycles. The molecule has 1 aliphatic rings. The number of hydrogen-bond acceptors (Lipinski definition) is 2. The van der Waals surface area contributed by atoms with Crippen LogP contribution in [0.15, 0.2) is 24.3 Å². The van der Waals surface area contributed by atoms with Gasteiger partial charge in [0.2, 0.25) is 0 Å². The molecule has 3 heteroatoms. The summed E-state index contributed by atoms with van der Waals surface area (Å²) in [5.74, 6) is 1.61. The summed E-state index contributed by atoms with van der Waals surface area (Å²) < 4.78 is 2.03. The predicted octanol–water partition coefficient (Wildman–Crippen LogP) is 3.53.